The highest BCUT2D eigenvalue weighted by atomic mass is 32.2. The maximum Gasteiger partial charge on any atom is 0.319 e. The van der Waals surface area contributed by atoms with Gasteiger partial charge in [0.1, 0.15) is 0 Å². The minimum Gasteiger partial charge on any atom is -0.337 e. The topological polar surface area (TPSA) is 54.0 Å². The molecule has 0 spiro atoms. The lowest BCUT2D eigenvalue weighted by atomic mass is 10.3. The number of aromatic nitrogens is 1. The van der Waals surface area contributed by atoms with E-state index in [1.165, 1.54) is 11.3 Å². The fourth-order valence-corrected chi connectivity index (χ4v) is 2.67. The highest BCUT2D eigenvalue weighted by Gasteiger charge is 2.06. The van der Waals surface area contributed by atoms with Crippen LogP contribution in [0.4, 0.5) is 19.3 Å². The second-order valence-electron chi connectivity index (χ2n) is 3.96. The molecule has 0 radical (unpaired) electrons. The fraction of sp³-hybridized carbons (Fsp3) is 0.231. The zero-order valence-electron chi connectivity index (χ0n) is 10.9. The number of anilines is 1. The molecule has 1 aromatic heterocycles. The van der Waals surface area contributed by atoms with Gasteiger partial charge in [-0.2, -0.15) is 8.78 Å². The fourth-order valence-electron chi connectivity index (χ4n) is 1.55. The summed E-state index contributed by atoms with van der Waals surface area (Å²) in [5.41, 5.74) is 0.556. The molecule has 0 fully saturated rings. The number of hydrogen-bond acceptors (Lipinski definition) is 4. The Hall–Kier alpha value is -1.67. The average molecular weight is 329 g/mol. The van der Waals surface area contributed by atoms with Crippen LogP contribution in [0.5, 0.6) is 0 Å². The summed E-state index contributed by atoms with van der Waals surface area (Å²) < 4.78 is 24.3. The summed E-state index contributed by atoms with van der Waals surface area (Å²) in [5, 5.41) is 8.19. The number of amides is 2. The first-order chi connectivity index (χ1) is 10.1. The zero-order valence-corrected chi connectivity index (χ0v) is 12.5. The van der Waals surface area contributed by atoms with Crippen LogP contribution in [-0.2, 0) is 6.42 Å². The Morgan fingerprint density at radius 3 is 2.71 bits per heavy atom. The van der Waals surface area contributed by atoms with Crippen LogP contribution in [0, 0.1) is 0 Å². The summed E-state index contributed by atoms with van der Waals surface area (Å²) in [7, 11) is 0. The van der Waals surface area contributed by atoms with Crippen molar-refractivity contribution in [3.8, 4) is 0 Å². The van der Waals surface area contributed by atoms with E-state index in [0.717, 1.165) is 5.01 Å². The van der Waals surface area contributed by atoms with Crippen molar-refractivity contribution in [1.29, 1.82) is 0 Å². The van der Waals surface area contributed by atoms with Crippen LogP contribution in [0.3, 0.4) is 0 Å². The van der Waals surface area contributed by atoms with E-state index in [2.05, 4.69) is 15.6 Å². The van der Waals surface area contributed by atoms with Crippen LogP contribution in [0.25, 0.3) is 0 Å². The predicted octanol–water partition coefficient (Wildman–Crippen LogP) is 3.82. The Bertz CT molecular complexity index is 561. The van der Waals surface area contributed by atoms with Crippen LogP contribution in [0.1, 0.15) is 5.01 Å². The van der Waals surface area contributed by atoms with Gasteiger partial charge in [0.15, 0.2) is 0 Å². The number of carbonyl (C=O) groups excluding carboxylic acids is 1. The minimum absolute atomic E-state index is 0.333. The van der Waals surface area contributed by atoms with Crippen LogP contribution in [-0.4, -0.2) is 23.3 Å². The van der Waals surface area contributed by atoms with Crippen molar-refractivity contribution in [2.24, 2.45) is 0 Å². The predicted molar refractivity (Wildman–Crippen MR) is 81.1 cm³/mol. The molecule has 2 amide bonds. The van der Waals surface area contributed by atoms with Crippen molar-refractivity contribution in [3.05, 3.63) is 40.8 Å². The van der Waals surface area contributed by atoms with Crippen molar-refractivity contribution >= 4 is 34.8 Å². The number of nitrogens with one attached hydrogen (secondary N) is 2. The standard InChI is InChI=1S/C13H13F2N3OS2/c14-12(15)21-10-3-1-9(2-4-10)18-13(19)17-6-5-11-16-7-8-20-11/h1-4,7-8,12H,5-6H2,(H2,17,18,19). The molecule has 0 bridgehead atoms. The molecule has 1 heterocycles. The van der Waals surface area contributed by atoms with Gasteiger partial charge in [0.2, 0.25) is 0 Å². The lowest BCUT2D eigenvalue weighted by molar-refractivity contribution is 0.251. The Kier molecular flexibility index (Phi) is 5.94. The monoisotopic (exact) mass is 329 g/mol. The first kappa shape index (κ1) is 15.7. The van der Waals surface area contributed by atoms with Crippen LogP contribution < -0.4 is 10.6 Å². The van der Waals surface area contributed by atoms with E-state index < -0.39 is 5.76 Å². The molecule has 0 unspecified atom stereocenters. The number of nitrogens with zero attached hydrogens (tertiary/aromatic N) is 1. The smallest absolute Gasteiger partial charge is 0.319 e. The number of carbonyl (C=O) groups is 1. The number of thioether (sulfide) groups is 1. The molecule has 21 heavy (non-hydrogen) atoms. The van der Waals surface area contributed by atoms with E-state index in [9.17, 15) is 13.6 Å². The van der Waals surface area contributed by atoms with Crippen molar-refractivity contribution in [2.75, 3.05) is 11.9 Å². The van der Waals surface area contributed by atoms with Gasteiger partial charge in [-0.15, -0.1) is 11.3 Å². The number of urea groups is 1. The van der Waals surface area contributed by atoms with Gasteiger partial charge in [-0.05, 0) is 24.3 Å². The van der Waals surface area contributed by atoms with Gasteiger partial charge < -0.3 is 10.6 Å². The van der Waals surface area contributed by atoms with E-state index in [1.54, 1.807) is 30.5 Å². The van der Waals surface area contributed by atoms with Crippen molar-refractivity contribution < 1.29 is 13.6 Å². The summed E-state index contributed by atoms with van der Waals surface area (Å²) in [6, 6.07) is 5.93. The molecule has 112 valence electrons. The molecular formula is C13H13F2N3OS2. The summed E-state index contributed by atoms with van der Waals surface area (Å²) >= 11 is 2.01. The second-order valence-corrected chi connectivity index (χ2v) is 6.00. The van der Waals surface area contributed by atoms with Crippen molar-refractivity contribution in [1.82, 2.24) is 10.3 Å². The SMILES string of the molecule is O=C(NCCc1nccs1)Nc1ccc(SC(F)F)cc1. The Balaban J connectivity index is 1.74. The third kappa shape index (κ3) is 5.68. The number of thiazole rings is 1. The van der Waals surface area contributed by atoms with E-state index in [0.29, 0.717) is 35.3 Å². The molecule has 8 heteroatoms. The number of rotatable bonds is 6. The summed E-state index contributed by atoms with van der Waals surface area (Å²) in [6.45, 7) is 0.485. The third-order valence-corrected chi connectivity index (χ3v) is 4.01. The van der Waals surface area contributed by atoms with E-state index in [-0.39, 0.29) is 6.03 Å². The quantitative estimate of drug-likeness (QED) is 0.792. The van der Waals surface area contributed by atoms with Crippen molar-refractivity contribution in [3.63, 3.8) is 0 Å². The molecule has 0 saturated carbocycles. The first-order valence-electron chi connectivity index (χ1n) is 6.11. The van der Waals surface area contributed by atoms with Gasteiger partial charge in [0, 0.05) is 35.1 Å². The Morgan fingerprint density at radius 1 is 1.33 bits per heavy atom. The minimum atomic E-state index is -2.45. The molecule has 0 aliphatic heterocycles. The number of alkyl halides is 2. The third-order valence-electron chi connectivity index (χ3n) is 2.45. The Morgan fingerprint density at radius 2 is 2.10 bits per heavy atom. The second kappa shape index (κ2) is 7.94. The molecule has 2 N–H and O–H groups in total. The number of benzene rings is 1. The largest absolute Gasteiger partial charge is 0.337 e. The van der Waals surface area contributed by atoms with Gasteiger partial charge in [0.05, 0.1) is 5.01 Å². The Labute approximate surface area is 129 Å². The normalized spacial score (nSPS) is 10.6. The van der Waals surface area contributed by atoms with E-state index >= 15 is 0 Å². The zero-order chi connectivity index (χ0) is 15.1. The molecule has 2 aromatic rings. The lowest BCUT2D eigenvalue weighted by Gasteiger charge is -2.07. The molecule has 1 aromatic carbocycles. The summed E-state index contributed by atoms with van der Waals surface area (Å²) in [5.74, 6) is -2.45. The van der Waals surface area contributed by atoms with Crippen LogP contribution >= 0.6 is 23.1 Å². The maximum absolute atomic E-state index is 12.2. The number of halogens is 2. The van der Waals surface area contributed by atoms with Gasteiger partial charge in [-0.3, -0.25) is 0 Å². The van der Waals surface area contributed by atoms with Crippen molar-refractivity contribution in [2.45, 2.75) is 17.1 Å². The van der Waals surface area contributed by atoms with Gasteiger partial charge in [-0.1, -0.05) is 11.8 Å². The molecule has 0 atom stereocenters. The average Bonchev–Trinajstić information content (AvgIpc) is 2.93. The molecule has 0 saturated heterocycles. The highest BCUT2D eigenvalue weighted by molar-refractivity contribution is 7.99. The van der Waals surface area contributed by atoms with Gasteiger partial charge >= 0.3 is 6.03 Å². The first-order valence-corrected chi connectivity index (χ1v) is 7.87. The van der Waals surface area contributed by atoms with Gasteiger partial charge in [-0.25, -0.2) is 9.78 Å². The number of hydrogen-bond donors (Lipinski definition) is 2. The van der Waals surface area contributed by atoms with E-state index in [1.807, 2.05) is 5.38 Å². The molecule has 2 rings (SSSR count). The molecule has 0 aliphatic carbocycles. The highest BCUT2D eigenvalue weighted by Crippen LogP contribution is 2.26. The summed E-state index contributed by atoms with van der Waals surface area (Å²) in [4.78, 5) is 16.2. The van der Waals surface area contributed by atoms with Gasteiger partial charge in [0.25, 0.3) is 5.76 Å². The maximum atomic E-state index is 12.2. The molecule has 4 nitrogen and oxygen atoms in total. The van der Waals surface area contributed by atoms with Crippen LogP contribution in [0.15, 0.2) is 40.7 Å². The van der Waals surface area contributed by atoms with Crippen LogP contribution in [0.2, 0.25) is 0 Å². The molecular weight excluding hydrogens is 316 g/mol. The van der Waals surface area contributed by atoms with E-state index in [4.69, 9.17) is 0 Å². The summed E-state index contributed by atoms with van der Waals surface area (Å²) in [6.07, 6.45) is 2.40. The molecule has 0 aliphatic rings. The lowest BCUT2D eigenvalue weighted by Crippen LogP contribution is -2.30.